The SMILES string of the molecule is CNc1cc(F)cc2c1Cc1nc(Oc3cnc4ccoc4c3)nc(N3CC4CC(N)C4C3)c1-2. The van der Waals surface area contributed by atoms with Gasteiger partial charge < -0.3 is 25.1 Å². The van der Waals surface area contributed by atoms with Gasteiger partial charge in [-0.15, -0.1) is 0 Å². The molecule has 9 heteroatoms. The van der Waals surface area contributed by atoms with Gasteiger partial charge in [-0.2, -0.15) is 9.97 Å². The normalized spacial score (nSPS) is 22.3. The van der Waals surface area contributed by atoms with Crippen molar-refractivity contribution in [3.63, 3.8) is 0 Å². The molecule has 2 aliphatic carbocycles. The molecular formula is C25H23FN6O2. The van der Waals surface area contributed by atoms with Crippen LogP contribution in [0.2, 0.25) is 0 Å². The number of anilines is 2. The average molecular weight is 458 g/mol. The number of hydrogen-bond acceptors (Lipinski definition) is 8. The minimum atomic E-state index is -0.288. The Morgan fingerprint density at radius 3 is 2.97 bits per heavy atom. The minimum Gasteiger partial charge on any atom is -0.463 e. The number of benzene rings is 1. The highest BCUT2D eigenvalue weighted by Gasteiger charge is 2.46. The van der Waals surface area contributed by atoms with E-state index in [1.54, 1.807) is 37.7 Å². The van der Waals surface area contributed by atoms with Crippen molar-refractivity contribution in [1.82, 2.24) is 15.0 Å². The summed E-state index contributed by atoms with van der Waals surface area (Å²) in [7, 11) is 1.80. The van der Waals surface area contributed by atoms with Crippen LogP contribution in [0.3, 0.4) is 0 Å². The van der Waals surface area contributed by atoms with Crippen molar-refractivity contribution < 1.29 is 13.5 Å². The second-order valence-electron chi connectivity index (χ2n) is 9.36. The number of nitrogens with one attached hydrogen (secondary N) is 1. The molecule has 0 amide bonds. The van der Waals surface area contributed by atoms with E-state index in [1.807, 2.05) is 0 Å². The third kappa shape index (κ3) is 2.89. The number of aromatic nitrogens is 3. The van der Waals surface area contributed by atoms with E-state index in [9.17, 15) is 4.39 Å². The number of pyridine rings is 1. The van der Waals surface area contributed by atoms with Crippen LogP contribution < -0.4 is 20.7 Å². The Morgan fingerprint density at radius 1 is 1.24 bits per heavy atom. The third-order valence-corrected chi connectivity index (χ3v) is 7.44. The molecule has 4 aromatic rings. The molecule has 3 unspecified atom stereocenters. The van der Waals surface area contributed by atoms with Gasteiger partial charge in [0.1, 0.15) is 17.2 Å². The van der Waals surface area contributed by atoms with Crippen LogP contribution in [-0.4, -0.2) is 41.1 Å². The number of furan rings is 1. The lowest BCUT2D eigenvalue weighted by Gasteiger charge is -2.36. The van der Waals surface area contributed by atoms with Crippen LogP contribution in [0, 0.1) is 17.7 Å². The summed E-state index contributed by atoms with van der Waals surface area (Å²) in [6, 6.07) is 7.15. The first kappa shape index (κ1) is 19.7. The average Bonchev–Trinajstić information content (AvgIpc) is 3.52. The van der Waals surface area contributed by atoms with Crippen LogP contribution in [0.25, 0.3) is 22.2 Å². The van der Waals surface area contributed by atoms with E-state index < -0.39 is 0 Å². The van der Waals surface area contributed by atoms with Gasteiger partial charge in [0.25, 0.3) is 0 Å². The Labute approximate surface area is 195 Å². The molecule has 3 N–H and O–H groups in total. The molecule has 3 atom stereocenters. The number of nitrogens with zero attached hydrogens (tertiary/aromatic N) is 4. The molecule has 172 valence electrons. The smallest absolute Gasteiger partial charge is 0.324 e. The second kappa shape index (κ2) is 7.14. The van der Waals surface area contributed by atoms with E-state index in [4.69, 9.17) is 24.9 Å². The second-order valence-corrected chi connectivity index (χ2v) is 9.36. The van der Waals surface area contributed by atoms with Crippen molar-refractivity contribution in [1.29, 1.82) is 0 Å². The highest BCUT2D eigenvalue weighted by molar-refractivity contribution is 5.88. The maximum Gasteiger partial charge on any atom is 0.324 e. The van der Waals surface area contributed by atoms with Crippen molar-refractivity contribution in [2.24, 2.45) is 17.6 Å². The molecule has 34 heavy (non-hydrogen) atoms. The fraction of sp³-hybridized carbons (Fsp3) is 0.320. The van der Waals surface area contributed by atoms with Crippen molar-refractivity contribution in [3.8, 4) is 22.9 Å². The summed E-state index contributed by atoms with van der Waals surface area (Å²) in [6.45, 7) is 1.71. The summed E-state index contributed by atoms with van der Waals surface area (Å²) in [5.41, 5.74) is 12.0. The zero-order valence-corrected chi connectivity index (χ0v) is 18.6. The predicted octanol–water partition coefficient (Wildman–Crippen LogP) is 3.95. The minimum absolute atomic E-state index is 0.229. The summed E-state index contributed by atoms with van der Waals surface area (Å²) in [5.74, 6) is 2.01. The molecule has 0 spiro atoms. The van der Waals surface area contributed by atoms with Crippen LogP contribution >= 0.6 is 0 Å². The molecule has 3 aromatic heterocycles. The quantitative estimate of drug-likeness (QED) is 0.418. The van der Waals surface area contributed by atoms with Crippen LogP contribution in [0.15, 0.2) is 41.1 Å². The highest BCUT2D eigenvalue weighted by Crippen LogP contribution is 2.48. The van der Waals surface area contributed by atoms with E-state index in [0.29, 0.717) is 29.6 Å². The molecule has 3 aliphatic rings. The van der Waals surface area contributed by atoms with Crippen LogP contribution in [0.1, 0.15) is 17.7 Å². The molecule has 2 fully saturated rings. The van der Waals surface area contributed by atoms with Crippen LogP contribution in [0.4, 0.5) is 15.9 Å². The topological polar surface area (TPSA) is 102 Å². The van der Waals surface area contributed by atoms with E-state index in [1.165, 1.54) is 6.07 Å². The van der Waals surface area contributed by atoms with E-state index in [-0.39, 0.29) is 17.9 Å². The van der Waals surface area contributed by atoms with Gasteiger partial charge in [-0.05, 0) is 41.5 Å². The lowest BCUT2D eigenvalue weighted by atomic mass is 9.72. The van der Waals surface area contributed by atoms with Crippen molar-refractivity contribution in [3.05, 3.63) is 53.8 Å². The third-order valence-electron chi connectivity index (χ3n) is 7.44. The van der Waals surface area contributed by atoms with E-state index in [0.717, 1.165) is 58.9 Å². The Bertz CT molecular complexity index is 1450. The fourth-order valence-corrected chi connectivity index (χ4v) is 5.71. The van der Waals surface area contributed by atoms with E-state index in [2.05, 4.69) is 15.2 Å². The summed E-state index contributed by atoms with van der Waals surface area (Å²) >= 11 is 0. The number of hydrogen-bond donors (Lipinski definition) is 2. The number of nitrogens with two attached hydrogens (primary N) is 1. The van der Waals surface area contributed by atoms with E-state index >= 15 is 0 Å². The van der Waals surface area contributed by atoms with Gasteiger partial charge in [-0.1, -0.05) is 0 Å². The van der Waals surface area contributed by atoms with Gasteiger partial charge in [0, 0.05) is 56.0 Å². The molecule has 8 nitrogen and oxygen atoms in total. The maximum absolute atomic E-state index is 14.5. The number of fused-ring (bicyclic) bond motifs is 5. The molecule has 1 aliphatic heterocycles. The highest BCUT2D eigenvalue weighted by atomic mass is 19.1. The van der Waals surface area contributed by atoms with Crippen LogP contribution in [0.5, 0.6) is 11.8 Å². The molecule has 0 bridgehead atoms. The van der Waals surface area contributed by atoms with Gasteiger partial charge in [-0.3, -0.25) is 0 Å². The molecule has 1 aromatic carbocycles. The van der Waals surface area contributed by atoms with Gasteiger partial charge in [0.05, 0.1) is 18.2 Å². The van der Waals surface area contributed by atoms with Gasteiger partial charge in [0.15, 0.2) is 11.3 Å². The summed E-state index contributed by atoms with van der Waals surface area (Å²) < 4.78 is 26.0. The molecule has 1 saturated heterocycles. The Kier molecular flexibility index (Phi) is 4.14. The van der Waals surface area contributed by atoms with Crippen LogP contribution in [-0.2, 0) is 6.42 Å². The first-order valence-electron chi connectivity index (χ1n) is 11.5. The molecular weight excluding hydrogens is 435 g/mol. The fourth-order valence-electron chi connectivity index (χ4n) is 5.71. The standard InChI is InChI=1S/C25H23FN6O2/c1-28-20-6-13(26)5-16-15(20)8-21-23(16)24(32-10-12-4-18(27)17(12)11-32)31-25(30-21)34-14-7-22-19(29-9-14)2-3-33-22/h2-3,5-7,9,12,17-18,28H,4,8,10-11,27H2,1H3. The number of ether oxygens (including phenoxy) is 1. The first-order chi connectivity index (χ1) is 16.6. The Morgan fingerprint density at radius 2 is 2.15 bits per heavy atom. The maximum atomic E-state index is 14.5. The molecule has 1 saturated carbocycles. The largest absolute Gasteiger partial charge is 0.463 e. The van der Waals surface area contributed by atoms with Gasteiger partial charge >= 0.3 is 6.01 Å². The molecule has 7 rings (SSSR count). The zero-order valence-electron chi connectivity index (χ0n) is 18.6. The summed E-state index contributed by atoms with van der Waals surface area (Å²) in [6.07, 6.45) is 4.82. The zero-order chi connectivity index (χ0) is 23.0. The van der Waals surface area contributed by atoms with Crippen molar-refractivity contribution >= 4 is 22.6 Å². The molecule has 0 radical (unpaired) electrons. The summed E-state index contributed by atoms with van der Waals surface area (Å²) in [5, 5.41) is 3.12. The van der Waals surface area contributed by atoms with Crippen molar-refractivity contribution in [2.45, 2.75) is 18.9 Å². The number of rotatable bonds is 4. The number of halogens is 1. The van der Waals surface area contributed by atoms with Crippen molar-refractivity contribution in [2.75, 3.05) is 30.4 Å². The first-order valence-corrected chi connectivity index (χ1v) is 11.5. The van der Waals surface area contributed by atoms with Gasteiger partial charge in [-0.25, -0.2) is 9.37 Å². The lowest BCUT2D eigenvalue weighted by Crippen LogP contribution is -2.46. The van der Waals surface area contributed by atoms with Gasteiger partial charge in [0.2, 0.25) is 0 Å². The Balaban J connectivity index is 1.34. The monoisotopic (exact) mass is 458 g/mol. The summed E-state index contributed by atoms with van der Waals surface area (Å²) in [4.78, 5) is 16.2. The lowest BCUT2D eigenvalue weighted by molar-refractivity contribution is 0.194. The molecule has 4 heterocycles. The Hall–Kier alpha value is -3.72. The predicted molar refractivity (Wildman–Crippen MR) is 126 cm³/mol.